The van der Waals surface area contributed by atoms with Gasteiger partial charge in [0, 0.05) is 18.1 Å². The molecule has 0 bridgehead atoms. The highest BCUT2D eigenvalue weighted by Crippen LogP contribution is 2.44. The van der Waals surface area contributed by atoms with Gasteiger partial charge in [0.1, 0.15) is 6.61 Å². The first kappa shape index (κ1) is 19.3. The molecule has 0 heterocycles. The maximum Gasteiger partial charge on any atom is 0.411 e. The lowest BCUT2D eigenvalue weighted by Crippen LogP contribution is -2.19. The van der Waals surface area contributed by atoms with Crippen molar-refractivity contribution in [3.63, 3.8) is 0 Å². The van der Waals surface area contributed by atoms with Crippen molar-refractivity contribution < 1.29 is 29.3 Å². The fraction of sp³-hybridized carbons (Fsp3) is 0.130. The third-order valence-corrected chi connectivity index (χ3v) is 5.13. The summed E-state index contributed by atoms with van der Waals surface area (Å²) in [5.74, 6) is -1.72. The molecule has 7 heteroatoms. The maximum absolute atomic E-state index is 12.4. The van der Waals surface area contributed by atoms with E-state index in [0.717, 1.165) is 28.3 Å². The van der Waals surface area contributed by atoms with Gasteiger partial charge in [-0.25, -0.2) is 9.59 Å². The number of rotatable bonds is 5. The number of aromatic hydroxyl groups is 1. The van der Waals surface area contributed by atoms with Gasteiger partial charge in [-0.2, -0.15) is 0 Å². The molecule has 0 saturated heterocycles. The van der Waals surface area contributed by atoms with Crippen molar-refractivity contribution in [1.29, 1.82) is 0 Å². The number of hydrogen-bond acceptors (Lipinski definition) is 5. The topological polar surface area (TPSA) is 105 Å². The van der Waals surface area contributed by atoms with Gasteiger partial charge >= 0.3 is 12.1 Å². The van der Waals surface area contributed by atoms with Crippen LogP contribution in [-0.4, -0.2) is 36.0 Å². The summed E-state index contributed by atoms with van der Waals surface area (Å²) in [7, 11) is 1.33. The van der Waals surface area contributed by atoms with Crippen molar-refractivity contribution in [2.24, 2.45) is 0 Å². The molecule has 0 atom stereocenters. The SMILES string of the molecule is COc1cc(NC(=O)OCC2c3ccccc3-c3ccccc32)c(C(=O)O)cc1O. The van der Waals surface area contributed by atoms with E-state index in [-0.39, 0.29) is 35.3 Å². The van der Waals surface area contributed by atoms with E-state index < -0.39 is 12.1 Å². The Balaban J connectivity index is 1.53. The fourth-order valence-electron chi connectivity index (χ4n) is 3.76. The van der Waals surface area contributed by atoms with E-state index in [0.29, 0.717) is 0 Å². The summed E-state index contributed by atoms with van der Waals surface area (Å²) in [6, 6.07) is 18.2. The third-order valence-electron chi connectivity index (χ3n) is 5.13. The van der Waals surface area contributed by atoms with Gasteiger partial charge in [0.05, 0.1) is 18.4 Å². The molecule has 0 aromatic heterocycles. The quantitative estimate of drug-likeness (QED) is 0.541. The maximum atomic E-state index is 12.4. The molecule has 7 nitrogen and oxygen atoms in total. The van der Waals surface area contributed by atoms with Crippen molar-refractivity contribution in [1.82, 2.24) is 0 Å². The van der Waals surface area contributed by atoms with Crippen LogP contribution in [0.25, 0.3) is 11.1 Å². The Kier molecular flexibility index (Phi) is 5.02. The lowest BCUT2D eigenvalue weighted by Gasteiger charge is -2.16. The van der Waals surface area contributed by atoms with Crippen LogP contribution in [0.4, 0.5) is 10.5 Å². The van der Waals surface area contributed by atoms with E-state index >= 15 is 0 Å². The first-order valence-corrected chi connectivity index (χ1v) is 9.26. The molecule has 0 fully saturated rings. The van der Waals surface area contributed by atoms with Crippen LogP contribution in [0.2, 0.25) is 0 Å². The number of carbonyl (C=O) groups excluding carboxylic acids is 1. The molecule has 1 aliphatic carbocycles. The number of anilines is 1. The van der Waals surface area contributed by atoms with Gasteiger partial charge in [-0.15, -0.1) is 0 Å². The number of methoxy groups -OCH3 is 1. The summed E-state index contributed by atoms with van der Waals surface area (Å²) < 4.78 is 10.4. The van der Waals surface area contributed by atoms with Gasteiger partial charge in [-0.1, -0.05) is 48.5 Å². The second-order valence-electron chi connectivity index (χ2n) is 6.83. The normalized spacial score (nSPS) is 12.0. The molecule has 1 amide bonds. The fourth-order valence-corrected chi connectivity index (χ4v) is 3.76. The van der Waals surface area contributed by atoms with Crippen molar-refractivity contribution in [3.8, 4) is 22.6 Å². The Morgan fingerprint density at radius 3 is 2.17 bits per heavy atom. The van der Waals surface area contributed by atoms with E-state index in [1.807, 2.05) is 48.5 Å². The minimum atomic E-state index is -1.30. The zero-order valence-electron chi connectivity index (χ0n) is 16.1. The Hall–Kier alpha value is -4.00. The molecule has 0 aliphatic heterocycles. The highest BCUT2D eigenvalue weighted by molar-refractivity contribution is 5.99. The zero-order chi connectivity index (χ0) is 21.3. The molecular formula is C23H19NO6. The minimum Gasteiger partial charge on any atom is -0.504 e. The van der Waals surface area contributed by atoms with E-state index in [1.54, 1.807) is 0 Å². The minimum absolute atomic E-state index is 0.0330. The number of carbonyl (C=O) groups is 2. The molecule has 1 aliphatic rings. The number of ether oxygens (including phenoxy) is 2. The zero-order valence-corrected chi connectivity index (χ0v) is 16.1. The molecule has 152 valence electrons. The van der Waals surface area contributed by atoms with Gasteiger partial charge < -0.3 is 19.7 Å². The summed E-state index contributed by atoms with van der Waals surface area (Å²) in [5.41, 5.74) is 4.06. The molecule has 3 aromatic carbocycles. The largest absolute Gasteiger partial charge is 0.504 e. The van der Waals surface area contributed by atoms with Crippen LogP contribution >= 0.6 is 0 Å². The third kappa shape index (κ3) is 3.41. The number of carboxylic acid groups (broad SMARTS) is 1. The summed E-state index contributed by atoms with van der Waals surface area (Å²) in [6.45, 7) is 0.0947. The van der Waals surface area contributed by atoms with E-state index in [4.69, 9.17) is 9.47 Å². The van der Waals surface area contributed by atoms with Crippen LogP contribution in [0.15, 0.2) is 60.7 Å². The highest BCUT2D eigenvalue weighted by atomic mass is 16.5. The Bertz CT molecular complexity index is 1090. The molecule has 3 aromatic rings. The lowest BCUT2D eigenvalue weighted by atomic mass is 9.98. The number of nitrogens with one attached hydrogen (secondary N) is 1. The predicted octanol–water partition coefficient (Wildman–Crippen LogP) is 4.46. The molecule has 3 N–H and O–H groups in total. The highest BCUT2D eigenvalue weighted by Gasteiger charge is 2.29. The first-order chi connectivity index (χ1) is 14.5. The van der Waals surface area contributed by atoms with Crippen molar-refractivity contribution in [2.75, 3.05) is 19.0 Å². The number of hydrogen-bond donors (Lipinski definition) is 3. The Morgan fingerprint density at radius 2 is 1.60 bits per heavy atom. The Morgan fingerprint density at radius 1 is 1.00 bits per heavy atom. The van der Waals surface area contributed by atoms with Crippen molar-refractivity contribution in [3.05, 3.63) is 77.4 Å². The predicted molar refractivity (Wildman–Crippen MR) is 110 cm³/mol. The van der Waals surface area contributed by atoms with Crippen molar-refractivity contribution >= 4 is 17.7 Å². The van der Waals surface area contributed by atoms with Gasteiger partial charge in [-0.05, 0) is 22.3 Å². The van der Waals surface area contributed by atoms with E-state index in [9.17, 15) is 19.8 Å². The summed E-state index contributed by atoms with van der Waals surface area (Å²) >= 11 is 0. The smallest absolute Gasteiger partial charge is 0.411 e. The van der Waals surface area contributed by atoms with Gasteiger partial charge in [-0.3, -0.25) is 5.32 Å². The lowest BCUT2D eigenvalue weighted by molar-refractivity contribution is 0.0697. The van der Waals surface area contributed by atoms with E-state index in [1.165, 1.54) is 13.2 Å². The molecule has 4 rings (SSSR count). The van der Waals surface area contributed by atoms with Gasteiger partial charge in [0.2, 0.25) is 0 Å². The standard InChI is InChI=1S/C23H19NO6/c1-29-21-11-19(17(22(26)27)10-20(21)25)24-23(28)30-12-18-15-8-4-2-6-13(15)14-7-3-5-9-16(14)18/h2-11,18,25H,12H2,1H3,(H,24,28)(H,26,27). The second kappa shape index (κ2) is 7.79. The number of amides is 1. The monoisotopic (exact) mass is 405 g/mol. The molecular weight excluding hydrogens is 386 g/mol. The van der Waals surface area contributed by atoms with Crippen LogP contribution in [-0.2, 0) is 4.74 Å². The number of aromatic carboxylic acids is 1. The molecule has 0 unspecified atom stereocenters. The average Bonchev–Trinajstić information content (AvgIpc) is 3.07. The number of phenolic OH excluding ortho intramolecular Hbond substituents is 1. The number of benzene rings is 3. The molecule has 0 spiro atoms. The van der Waals surface area contributed by atoms with E-state index in [2.05, 4.69) is 5.32 Å². The molecule has 30 heavy (non-hydrogen) atoms. The Labute approximate surface area is 172 Å². The van der Waals surface area contributed by atoms with Gasteiger partial charge in [0.15, 0.2) is 11.5 Å². The number of phenols is 1. The summed E-state index contributed by atoms with van der Waals surface area (Å²) in [6.07, 6.45) is -0.799. The molecule has 0 radical (unpaired) electrons. The van der Waals surface area contributed by atoms with Crippen LogP contribution in [0, 0.1) is 0 Å². The second-order valence-corrected chi connectivity index (χ2v) is 6.83. The summed E-state index contributed by atoms with van der Waals surface area (Å²) in [5, 5.41) is 21.6. The number of fused-ring (bicyclic) bond motifs is 3. The first-order valence-electron chi connectivity index (χ1n) is 9.26. The van der Waals surface area contributed by atoms with Crippen LogP contribution in [0.5, 0.6) is 11.5 Å². The van der Waals surface area contributed by atoms with Crippen molar-refractivity contribution in [2.45, 2.75) is 5.92 Å². The van der Waals surface area contributed by atoms with Gasteiger partial charge in [0.25, 0.3) is 0 Å². The summed E-state index contributed by atoms with van der Waals surface area (Å²) in [4.78, 5) is 23.9. The average molecular weight is 405 g/mol. The van der Waals surface area contributed by atoms with Crippen LogP contribution < -0.4 is 10.1 Å². The molecule has 0 saturated carbocycles. The number of carboxylic acids is 1. The van der Waals surface area contributed by atoms with Crippen LogP contribution in [0.3, 0.4) is 0 Å². The van der Waals surface area contributed by atoms with Crippen LogP contribution in [0.1, 0.15) is 27.4 Å².